The lowest BCUT2D eigenvalue weighted by Crippen LogP contribution is -2.24. The Hall–Kier alpha value is -3.62. The molecule has 9 nitrogen and oxygen atoms in total. The minimum absolute atomic E-state index is 0.00946. The third-order valence-electron chi connectivity index (χ3n) is 4.13. The molecular weight excluding hydrogens is 372 g/mol. The first-order chi connectivity index (χ1) is 14.1. The fourth-order valence-corrected chi connectivity index (χ4v) is 2.53. The van der Waals surface area contributed by atoms with Crippen molar-refractivity contribution in [2.75, 3.05) is 0 Å². The van der Waals surface area contributed by atoms with Gasteiger partial charge in [-0.3, -0.25) is 19.6 Å². The summed E-state index contributed by atoms with van der Waals surface area (Å²) in [6.45, 7) is 2.55. The van der Waals surface area contributed by atoms with Gasteiger partial charge in [0, 0.05) is 50.0 Å². The average Bonchev–Trinajstić information content (AvgIpc) is 3.24. The van der Waals surface area contributed by atoms with Gasteiger partial charge in [0.15, 0.2) is 0 Å². The highest BCUT2D eigenvalue weighted by molar-refractivity contribution is 5.76. The van der Waals surface area contributed by atoms with Crippen LogP contribution in [0.5, 0.6) is 0 Å². The van der Waals surface area contributed by atoms with Crippen LogP contribution in [0.1, 0.15) is 36.9 Å². The van der Waals surface area contributed by atoms with Crippen LogP contribution in [0.15, 0.2) is 47.4 Å². The van der Waals surface area contributed by atoms with E-state index in [1.807, 2.05) is 12.1 Å². The third kappa shape index (κ3) is 6.20. The van der Waals surface area contributed by atoms with Crippen LogP contribution in [0.4, 0.5) is 0 Å². The standard InChI is InChI=1S/C20H22N6O3/c1-2-17(27)23-12-14-5-10-22-16(11-14)13-24-18(28)3-4-19-25-20(26-29-19)15-6-8-21-9-7-15/h5-11H,2-4,12-13H2,1H3,(H,23,27)(H,24,28). The minimum Gasteiger partial charge on any atom is -0.352 e. The van der Waals surface area contributed by atoms with Gasteiger partial charge in [0.05, 0.1) is 12.2 Å². The van der Waals surface area contributed by atoms with E-state index in [1.54, 1.807) is 37.6 Å². The van der Waals surface area contributed by atoms with Crippen LogP contribution in [0.2, 0.25) is 0 Å². The van der Waals surface area contributed by atoms with Gasteiger partial charge >= 0.3 is 0 Å². The van der Waals surface area contributed by atoms with Gasteiger partial charge in [0.2, 0.25) is 23.5 Å². The molecule has 0 fully saturated rings. The number of aromatic nitrogens is 4. The molecule has 2 N–H and O–H groups in total. The van der Waals surface area contributed by atoms with Crippen molar-refractivity contribution in [2.24, 2.45) is 0 Å². The lowest BCUT2D eigenvalue weighted by atomic mass is 10.2. The van der Waals surface area contributed by atoms with Gasteiger partial charge in [-0.25, -0.2) is 0 Å². The zero-order valence-electron chi connectivity index (χ0n) is 16.1. The smallest absolute Gasteiger partial charge is 0.227 e. The molecule has 0 aliphatic heterocycles. The summed E-state index contributed by atoms with van der Waals surface area (Å²) in [4.78, 5) is 35.9. The predicted octanol–water partition coefficient (Wildman–Crippen LogP) is 1.80. The first-order valence-corrected chi connectivity index (χ1v) is 9.34. The summed E-state index contributed by atoms with van der Waals surface area (Å²) >= 11 is 0. The number of nitrogens with zero attached hydrogens (tertiary/aromatic N) is 4. The van der Waals surface area contributed by atoms with E-state index in [-0.39, 0.29) is 18.2 Å². The zero-order chi connectivity index (χ0) is 20.5. The number of rotatable bonds is 9. The van der Waals surface area contributed by atoms with Gasteiger partial charge in [-0.05, 0) is 29.8 Å². The van der Waals surface area contributed by atoms with E-state index >= 15 is 0 Å². The molecule has 0 radical (unpaired) electrons. The number of carbonyl (C=O) groups excluding carboxylic acids is 2. The maximum atomic E-state index is 12.1. The molecule has 3 heterocycles. The Morgan fingerprint density at radius 3 is 2.62 bits per heavy atom. The van der Waals surface area contributed by atoms with Gasteiger partial charge in [0.1, 0.15) is 0 Å². The second-order valence-corrected chi connectivity index (χ2v) is 6.31. The summed E-state index contributed by atoms with van der Waals surface area (Å²) in [5, 5.41) is 9.55. The lowest BCUT2D eigenvalue weighted by molar-refractivity contribution is -0.121. The Labute approximate surface area is 168 Å². The Morgan fingerprint density at radius 2 is 1.83 bits per heavy atom. The Balaban J connectivity index is 1.45. The van der Waals surface area contributed by atoms with Gasteiger partial charge in [-0.1, -0.05) is 12.1 Å². The fraction of sp³-hybridized carbons (Fsp3) is 0.300. The molecule has 0 bridgehead atoms. The molecule has 0 saturated heterocycles. The number of nitrogens with one attached hydrogen (secondary N) is 2. The minimum atomic E-state index is -0.139. The molecule has 29 heavy (non-hydrogen) atoms. The van der Waals surface area contributed by atoms with E-state index in [0.29, 0.717) is 37.6 Å². The maximum Gasteiger partial charge on any atom is 0.227 e. The molecular formula is C20H22N6O3. The number of carbonyl (C=O) groups is 2. The van der Waals surface area contributed by atoms with Crippen LogP contribution in [-0.2, 0) is 29.1 Å². The quantitative estimate of drug-likeness (QED) is 0.567. The average molecular weight is 394 g/mol. The molecule has 0 saturated carbocycles. The van der Waals surface area contributed by atoms with Crippen molar-refractivity contribution in [1.29, 1.82) is 0 Å². The summed E-state index contributed by atoms with van der Waals surface area (Å²) in [5.41, 5.74) is 2.46. The largest absolute Gasteiger partial charge is 0.352 e. The summed E-state index contributed by atoms with van der Waals surface area (Å²) in [6.07, 6.45) is 5.98. The van der Waals surface area contributed by atoms with E-state index in [4.69, 9.17) is 4.52 Å². The first-order valence-electron chi connectivity index (χ1n) is 9.34. The lowest BCUT2D eigenvalue weighted by Gasteiger charge is -2.07. The van der Waals surface area contributed by atoms with Crippen LogP contribution >= 0.6 is 0 Å². The molecule has 3 rings (SSSR count). The molecule has 0 spiro atoms. The highest BCUT2D eigenvalue weighted by Gasteiger charge is 2.11. The molecule has 9 heteroatoms. The number of hydrogen-bond donors (Lipinski definition) is 2. The van der Waals surface area contributed by atoms with E-state index in [2.05, 4.69) is 30.7 Å². The van der Waals surface area contributed by atoms with Crippen molar-refractivity contribution in [2.45, 2.75) is 39.3 Å². The van der Waals surface area contributed by atoms with Gasteiger partial charge in [-0.2, -0.15) is 4.98 Å². The maximum absolute atomic E-state index is 12.1. The van der Waals surface area contributed by atoms with Crippen LogP contribution in [0.3, 0.4) is 0 Å². The summed E-state index contributed by atoms with van der Waals surface area (Å²) in [6, 6.07) is 7.26. The van der Waals surface area contributed by atoms with Crippen LogP contribution in [-0.4, -0.2) is 31.9 Å². The second-order valence-electron chi connectivity index (χ2n) is 6.31. The highest BCUT2D eigenvalue weighted by Crippen LogP contribution is 2.14. The van der Waals surface area contributed by atoms with Gasteiger partial charge in [-0.15, -0.1) is 0 Å². The molecule has 0 aliphatic carbocycles. The van der Waals surface area contributed by atoms with Crippen molar-refractivity contribution < 1.29 is 14.1 Å². The van der Waals surface area contributed by atoms with Crippen molar-refractivity contribution in [3.05, 3.63) is 60.0 Å². The number of hydrogen-bond acceptors (Lipinski definition) is 7. The Kier molecular flexibility index (Phi) is 6.99. The molecule has 3 aromatic heterocycles. The van der Waals surface area contributed by atoms with E-state index in [0.717, 1.165) is 16.8 Å². The van der Waals surface area contributed by atoms with Crippen molar-refractivity contribution in [1.82, 2.24) is 30.7 Å². The summed E-state index contributed by atoms with van der Waals surface area (Å²) in [7, 11) is 0. The topological polar surface area (TPSA) is 123 Å². The fourth-order valence-electron chi connectivity index (χ4n) is 2.53. The highest BCUT2D eigenvalue weighted by atomic mass is 16.5. The molecule has 150 valence electrons. The first kappa shape index (κ1) is 20.1. The summed E-state index contributed by atoms with van der Waals surface area (Å²) in [5.74, 6) is 0.725. The van der Waals surface area contributed by atoms with Crippen molar-refractivity contribution in [3.8, 4) is 11.4 Å². The van der Waals surface area contributed by atoms with E-state index in [9.17, 15) is 9.59 Å². The van der Waals surface area contributed by atoms with E-state index < -0.39 is 0 Å². The van der Waals surface area contributed by atoms with Crippen LogP contribution in [0.25, 0.3) is 11.4 Å². The van der Waals surface area contributed by atoms with Crippen LogP contribution < -0.4 is 10.6 Å². The number of amides is 2. The molecule has 0 aromatic carbocycles. The number of aryl methyl sites for hydroxylation is 1. The molecule has 0 aliphatic rings. The SMILES string of the molecule is CCC(=O)NCc1ccnc(CNC(=O)CCc2nc(-c3ccncc3)no2)c1. The summed E-state index contributed by atoms with van der Waals surface area (Å²) < 4.78 is 5.20. The van der Waals surface area contributed by atoms with E-state index in [1.165, 1.54) is 0 Å². The zero-order valence-corrected chi connectivity index (χ0v) is 16.1. The molecule has 0 atom stereocenters. The number of pyridine rings is 2. The van der Waals surface area contributed by atoms with Crippen LogP contribution in [0, 0.1) is 0 Å². The Morgan fingerprint density at radius 1 is 1.03 bits per heavy atom. The third-order valence-corrected chi connectivity index (χ3v) is 4.13. The van der Waals surface area contributed by atoms with Crippen molar-refractivity contribution >= 4 is 11.8 Å². The Bertz CT molecular complexity index is 958. The monoisotopic (exact) mass is 394 g/mol. The molecule has 3 aromatic rings. The second kappa shape index (κ2) is 10.1. The molecule has 0 unspecified atom stereocenters. The molecule has 2 amide bonds. The normalized spacial score (nSPS) is 10.5. The van der Waals surface area contributed by atoms with Crippen molar-refractivity contribution in [3.63, 3.8) is 0 Å². The van der Waals surface area contributed by atoms with Gasteiger partial charge in [0.25, 0.3) is 0 Å². The van der Waals surface area contributed by atoms with Gasteiger partial charge < -0.3 is 15.2 Å². The predicted molar refractivity (Wildman–Crippen MR) is 104 cm³/mol.